The Balaban J connectivity index is 1.98. The van der Waals surface area contributed by atoms with E-state index in [-0.39, 0.29) is 5.41 Å². The van der Waals surface area contributed by atoms with Gasteiger partial charge in [0.15, 0.2) is 0 Å². The molecule has 24 heavy (non-hydrogen) atoms. The summed E-state index contributed by atoms with van der Waals surface area (Å²) in [5.41, 5.74) is 1.06. The van der Waals surface area contributed by atoms with Crippen LogP contribution in [0, 0.1) is 0 Å². The Morgan fingerprint density at radius 1 is 1.29 bits per heavy atom. The number of methoxy groups -OCH3 is 1. The minimum absolute atomic E-state index is 0.0402. The van der Waals surface area contributed by atoms with Gasteiger partial charge in [0.25, 0.3) is 0 Å². The van der Waals surface area contributed by atoms with Crippen molar-refractivity contribution < 1.29 is 19.5 Å². The summed E-state index contributed by atoms with van der Waals surface area (Å²) in [5, 5.41) is 10.4. The van der Waals surface area contributed by atoms with Crippen LogP contribution in [0.3, 0.4) is 0 Å². The van der Waals surface area contributed by atoms with Crippen LogP contribution in [-0.2, 0) is 5.41 Å². The Morgan fingerprint density at radius 3 is 2.67 bits per heavy atom. The van der Waals surface area contributed by atoms with Crippen molar-refractivity contribution in [3.05, 3.63) is 23.8 Å². The molecule has 1 aliphatic rings. The normalized spacial score (nSPS) is 22.9. The van der Waals surface area contributed by atoms with Crippen LogP contribution in [0.4, 0.5) is 0 Å². The van der Waals surface area contributed by atoms with Gasteiger partial charge >= 0.3 is 0 Å². The fraction of sp³-hybridized carbons (Fsp3) is 0.700. The molecule has 3 atom stereocenters. The molecule has 2 N–H and O–H groups in total. The molecule has 0 bridgehead atoms. The van der Waals surface area contributed by atoms with E-state index in [0.29, 0.717) is 12.6 Å². The zero-order chi connectivity index (χ0) is 17.7. The molecule has 0 aliphatic carbocycles. The van der Waals surface area contributed by atoms with E-state index in [0.717, 1.165) is 30.2 Å². The van der Waals surface area contributed by atoms with Gasteiger partial charge in [-0.2, -0.15) is 0 Å². The molecule has 1 fully saturated rings. The van der Waals surface area contributed by atoms with Gasteiger partial charge in [-0.3, -0.25) is 0 Å². The third-order valence-corrected chi connectivity index (χ3v) is 5.01. The lowest BCUT2D eigenvalue weighted by molar-refractivity contribution is -0.931. The van der Waals surface area contributed by atoms with Crippen molar-refractivity contribution in [3.8, 4) is 11.5 Å². The number of piperidine rings is 1. The van der Waals surface area contributed by atoms with E-state index in [1.807, 2.05) is 18.2 Å². The highest BCUT2D eigenvalue weighted by atomic mass is 16.5. The molecule has 0 amide bonds. The predicted molar refractivity (Wildman–Crippen MR) is 97.2 cm³/mol. The molecule has 136 valence electrons. The van der Waals surface area contributed by atoms with Gasteiger partial charge < -0.3 is 19.5 Å². The van der Waals surface area contributed by atoms with Crippen LogP contribution in [0.1, 0.15) is 52.5 Å². The maximum absolute atomic E-state index is 10.4. The monoisotopic (exact) mass is 336 g/mol. The van der Waals surface area contributed by atoms with Gasteiger partial charge in [-0.25, -0.2) is 0 Å². The molecule has 4 heteroatoms. The second-order valence-electron chi connectivity index (χ2n) is 8.09. The highest BCUT2D eigenvalue weighted by Gasteiger charge is 2.25. The van der Waals surface area contributed by atoms with Crippen molar-refractivity contribution in [2.75, 3.05) is 26.8 Å². The summed E-state index contributed by atoms with van der Waals surface area (Å²) in [4.78, 5) is 1.50. The molecule has 4 nitrogen and oxygen atoms in total. The number of aliphatic hydroxyl groups excluding tert-OH is 1. The zero-order valence-corrected chi connectivity index (χ0v) is 15.9. The minimum Gasteiger partial charge on any atom is -0.497 e. The quantitative estimate of drug-likeness (QED) is 0.837. The maximum Gasteiger partial charge on any atom is 0.137 e. The van der Waals surface area contributed by atoms with Gasteiger partial charge in [-0.1, -0.05) is 20.8 Å². The van der Waals surface area contributed by atoms with Crippen LogP contribution in [0.2, 0.25) is 0 Å². The Bertz CT molecular complexity index is 524. The summed E-state index contributed by atoms with van der Waals surface area (Å²) in [6, 6.07) is 6.52. The van der Waals surface area contributed by atoms with E-state index >= 15 is 0 Å². The van der Waals surface area contributed by atoms with Gasteiger partial charge in [0, 0.05) is 5.56 Å². The summed E-state index contributed by atoms with van der Waals surface area (Å²) < 4.78 is 11.3. The Labute approximate surface area is 146 Å². The molecule has 1 aliphatic heterocycles. The Hall–Kier alpha value is -1.26. The van der Waals surface area contributed by atoms with E-state index in [1.165, 1.54) is 24.2 Å². The molecule has 0 aromatic heterocycles. The molecule has 1 aromatic carbocycles. The van der Waals surface area contributed by atoms with Crippen LogP contribution in [0.15, 0.2) is 18.2 Å². The number of benzene rings is 1. The molecule has 1 saturated heterocycles. The van der Waals surface area contributed by atoms with Crippen molar-refractivity contribution >= 4 is 0 Å². The summed E-state index contributed by atoms with van der Waals surface area (Å²) in [6.07, 6.45) is 3.41. The molecule has 1 heterocycles. The number of ether oxygens (including phenoxy) is 2. The van der Waals surface area contributed by atoms with Crippen molar-refractivity contribution in [1.29, 1.82) is 0 Å². The number of rotatable bonds is 6. The predicted octanol–water partition coefficient (Wildman–Crippen LogP) is 2.19. The van der Waals surface area contributed by atoms with Crippen LogP contribution < -0.4 is 14.4 Å². The van der Waals surface area contributed by atoms with E-state index in [2.05, 4.69) is 27.7 Å². The van der Waals surface area contributed by atoms with Crippen molar-refractivity contribution in [1.82, 2.24) is 0 Å². The summed E-state index contributed by atoms with van der Waals surface area (Å²) >= 11 is 0. The van der Waals surface area contributed by atoms with Crippen LogP contribution in [-0.4, -0.2) is 44.1 Å². The minimum atomic E-state index is -0.435. The average Bonchev–Trinajstić information content (AvgIpc) is 2.54. The molecule has 2 rings (SSSR count). The first kappa shape index (κ1) is 19.1. The number of quaternary nitrogens is 1. The van der Waals surface area contributed by atoms with Crippen molar-refractivity contribution in [2.24, 2.45) is 0 Å². The highest BCUT2D eigenvalue weighted by molar-refractivity contribution is 5.44. The smallest absolute Gasteiger partial charge is 0.137 e. The number of nitrogens with one attached hydrogen (secondary N) is 1. The van der Waals surface area contributed by atoms with Crippen LogP contribution >= 0.6 is 0 Å². The van der Waals surface area contributed by atoms with E-state index < -0.39 is 6.10 Å². The Kier molecular flexibility index (Phi) is 6.53. The summed E-state index contributed by atoms with van der Waals surface area (Å²) in [5.74, 6) is 1.67. The zero-order valence-electron chi connectivity index (χ0n) is 15.9. The standard InChI is InChI=1S/C20H33NO3/c1-15-8-6-7-11-21(15)13-16(22)14-24-19-10-9-17(23-5)12-18(19)20(2,3)4/h9-10,12,15-16,22H,6-8,11,13-14H2,1-5H3/p+1/t15-,16-/m0/s1. The lowest BCUT2D eigenvalue weighted by Gasteiger charge is -2.31. The third kappa shape index (κ3) is 5.12. The first-order valence-corrected chi connectivity index (χ1v) is 9.15. The maximum atomic E-state index is 10.4. The molecule has 0 radical (unpaired) electrons. The van der Waals surface area contributed by atoms with Crippen molar-refractivity contribution in [3.63, 3.8) is 0 Å². The van der Waals surface area contributed by atoms with Gasteiger partial charge in [-0.05, 0) is 49.8 Å². The molecule has 0 saturated carbocycles. The van der Waals surface area contributed by atoms with E-state index in [1.54, 1.807) is 7.11 Å². The molecule has 0 spiro atoms. The Morgan fingerprint density at radius 2 is 2.04 bits per heavy atom. The van der Waals surface area contributed by atoms with Crippen molar-refractivity contribution in [2.45, 2.75) is 64.5 Å². The number of hydrogen-bond acceptors (Lipinski definition) is 3. The lowest BCUT2D eigenvalue weighted by Crippen LogP contribution is -3.17. The number of aliphatic hydroxyl groups is 1. The molecular formula is C20H34NO3+. The lowest BCUT2D eigenvalue weighted by atomic mass is 9.86. The average molecular weight is 336 g/mol. The topological polar surface area (TPSA) is 43.1 Å². The fourth-order valence-electron chi connectivity index (χ4n) is 3.45. The van der Waals surface area contributed by atoms with Crippen LogP contribution in [0.25, 0.3) is 0 Å². The van der Waals surface area contributed by atoms with Gasteiger partial charge in [-0.15, -0.1) is 0 Å². The van der Waals surface area contributed by atoms with Crippen LogP contribution in [0.5, 0.6) is 11.5 Å². The molecule has 1 aromatic rings. The number of likely N-dealkylation sites (tertiary alicyclic amines) is 1. The van der Waals surface area contributed by atoms with E-state index in [4.69, 9.17) is 9.47 Å². The largest absolute Gasteiger partial charge is 0.497 e. The summed E-state index contributed by atoms with van der Waals surface area (Å²) in [6.45, 7) is 11.0. The second kappa shape index (κ2) is 8.21. The summed E-state index contributed by atoms with van der Waals surface area (Å²) in [7, 11) is 1.68. The number of hydrogen-bond donors (Lipinski definition) is 2. The first-order chi connectivity index (χ1) is 11.3. The highest BCUT2D eigenvalue weighted by Crippen LogP contribution is 2.34. The van der Waals surface area contributed by atoms with Gasteiger partial charge in [0.2, 0.25) is 0 Å². The SMILES string of the molecule is COc1ccc(OC[C@@H](O)C[NH+]2CCCC[C@@H]2C)c(C(C)(C)C)c1. The molecular weight excluding hydrogens is 302 g/mol. The van der Waals surface area contributed by atoms with E-state index in [9.17, 15) is 5.11 Å². The molecule has 1 unspecified atom stereocenters. The van der Waals surface area contributed by atoms with Gasteiger partial charge in [0.1, 0.15) is 30.8 Å². The fourth-order valence-corrected chi connectivity index (χ4v) is 3.45. The third-order valence-electron chi connectivity index (χ3n) is 5.01. The van der Waals surface area contributed by atoms with Gasteiger partial charge in [0.05, 0.1) is 19.7 Å². The first-order valence-electron chi connectivity index (χ1n) is 9.15. The second-order valence-corrected chi connectivity index (χ2v) is 8.09.